The SMILES string of the molecule is CC(C)(C)S(=O)N=Cc1cc(C(F)(F)F)ccn1. The molecular formula is C11H13F3N2OS. The molecule has 0 aliphatic heterocycles. The number of hydrogen-bond acceptors (Lipinski definition) is 2. The number of hydrogen-bond donors (Lipinski definition) is 0. The molecule has 0 aromatic carbocycles. The zero-order chi connectivity index (χ0) is 14.0. The number of pyridine rings is 1. The van der Waals surface area contributed by atoms with E-state index >= 15 is 0 Å². The second kappa shape index (κ2) is 5.17. The first-order valence-corrected chi connectivity index (χ1v) is 6.21. The lowest BCUT2D eigenvalue weighted by Gasteiger charge is -2.12. The van der Waals surface area contributed by atoms with Gasteiger partial charge in [0.2, 0.25) is 0 Å². The Labute approximate surface area is 106 Å². The summed E-state index contributed by atoms with van der Waals surface area (Å²) in [5.74, 6) is 0. The lowest BCUT2D eigenvalue weighted by atomic mass is 10.2. The van der Waals surface area contributed by atoms with E-state index in [1.165, 1.54) is 0 Å². The van der Waals surface area contributed by atoms with Crippen molar-refractivity contribution in [1.29, 1.82) is 0 Å². The summed E-state index contributed by atoms with van der Waals surface area (Å²) in [4.78, 5) is 3.72. The van der Waals surface area contributed by atoms with Crippen molar-refractivity contribution in [2.75, 3.05) is 0 Å². The van der Waals surface area contributed by atoms with E-state index in [9.17, 15) is 17.4 Å². The molecule has 0 radical (unpaired) electrons. The average Bonchev–Trinajstić information content (AvgIpc) is 2.23. The van der Waals surface area contributed by atoms with Gasteiger partial charge in [-0.3, -0.25) is 4.98 Å². The molecule has 0 spiro atoms. The first-order valence-electron chi connectivity index (χ1n) is 5.10. The van der Waals surface area contributed by atoms with E-state index < -0.39 is 27.5 Å². The predicted octanol–water partition coefficient (Wildman–Crippen LogP) is 2.98. The first kappa shape index (κ1) is 14.8. The van der Waals surface area contributed by atoms with Crippen LogP contribution in [0.15, 0.2) is 22.7 Å². The molecule has 100 valence electrons. The third-order valence-electron chi connectivity index (χ3n) is 1.91. The van der Waals surface area contributed by atoms with Crippen molar-refractivity contribution in [2.45, 2.75) is 31.7 Å². The normalized spacial score (nSPS) is 15.0. The maximum absolute atomic E-state index is 12.4. The van der Waals surface area contributed by atoms with E-state index in [-0.39, 0.29) is 5.69 Å². The third-order valence-corrected chi connectivity index (χ3v) is 3.26. The van der Waals surface area contributed by atoms with E-state index in [2.05, 4.69) is 9.38 Å². The Balaban J connectivity index is 2.93. The predicted molar refractivity (Wildman–Crippen MR) is 64.7 cm³/mol. The van der Waals surface area contributed by atoms with Crippen LogP contribution in [-0.4, -0.2) is 20.2 Å². The van der Waals surface area contributed by atoms with Crippen molar-refractivity contribution in [3.05, 3.63) is 29.6 Å². The molecule has 0 fully saturated rings. The van der Waals surface area contributed by atoms with Gasteiger partial charge in [-0.15, -0.1) is 0 Å². The highest BCUT2D eigenvalue weighted by molar-refractivity contribution is 7.85. The van der Waals surface area contributed by atoms with Gasteiger partial charge in [0.25, 0.3) is 0 Å². The van der Waals surface area contributed by atoms with Gasteiger partial charge in [-0.05, 0) is 32.9 Å². The van der Waals surface area contributed by atoms with Crippen LogP contribution >= 0.6 is 0 Å². The summed E-state index contributed by atoms with van der Waals surface area (Å²) in [5, 5.41) is 0. The van der Waals surface area contributed by atoms with Crippen LogP contribution in [0.2, 0.25) is 0 Å². The number of aromatic nitrogens is 1. The van der Waals surface area contributed by atoms with Gasteiger partial charge in [-0.25, -0.2) is 4.21 Å². The average molecular weight is 278 g/mol. The summed E-state index contributed by atoms with van der Waals surface area (Å²) in [6.07, 6.45) is -2.28. The van der Waals surface area contributed by atoms with Gasteiger partial charge >= 0.3 is 6.18 Å². The number of halogens is 3. The van der Waals surface area contributed by atoms with Crippen LogP contribution in [-0.2, 0) is 17.2 Å². The van der Waals surface area contributed by atoms with Crippen molar-refractivity contribution in [2.24, 2.45) is 4.40 Å². The van der Waals surface area contributed by atoms with Crippen molar-refractivity contribution in [3.8, 4) is 0 Å². The molecule has 1 heterocycles. The summed E-state index contributed by atoms with van der Waals surface area (Å²) in [5.41, 5.74) is -0.775. The highest BCUT2D eigenvalue weighted by atomic mass is 32.2. The van der Waals surface area contributed by atoms with Crippen LogP contribution in [0, 0.1) is 0 Å². The number of nitrogens with zero attached hydrogens (tertiary/aromatic N) is 2. The highest BCUT2D eigenvalue weighted by Crippen LogP contribution is 2.28. The summed E-state index contributed by atoms with van der Waals surface area (Å²) in [7, 11) is -1.52. The highest BCUT2D eigenvalue weighted by Gasteiger charge is 2.30. The molecule has 0 bridgehead atoms. The summed E-state index contributed by atoms with van der Waals surface area (Å²) >= 11 is 0. The van der Waals surface area contributed by atoms with Gasteiger partial charge in [0.05, 0.1) is 22.2 Å². The van der Waals surface area contributed by atoms with Crippen molar-refractivity contribution >= 4 is 17.2 Å². The molecule has 0 aliphatic carbocycles. The Hall–Kier alpha value is -1.24. The van der Waals surface area contributed by atoms with Crippen molar-refractivity contribution < 1.29 is 17.4 Å². The molecule has 1 aromatic rings. The van der Waals surface area contributed by atoms with Crippen LogP contribution in [0.4, 0.5) is 13.2 Å². The molecule has 1 unspecified atom stereocenters. The van der Waals surface area contributed by atoms with E-state index in [4.69, 9.17) is 0 Å². The van der Waals surface area contributed by atoms with Crippen LogP contribution in [0.1, 0.15) is 32.0 Å². The summed E-state index contributed by atoms with van der Waals surface area (Å²) in [6, 6.07) is 1.74. The smallest absolute Gasteiger partial charge is 0.255 e. The van der Waals surface area contributed by atoms with Crippen LogP contribution in [0.5, 0.6) is 0 Å². The lowest BCUT2D eigenvalue weighted by molar-refractivity contribution is -0.137. The molecule has 18 heavy (non-hydrogen) atoms. The van der Waals surface area contributed by atoms with Gasteiger partial charge in [-0.2, -0.15) is 17.6 Å². The minimum Gasteiger partial charge on any atom is -0.255 e. The van der Waals surface area contributed by atoms with Gasteiger partial charge in [0, 0.05) is 6.20 Å². The van der Waals surface area contributed by atoms with E-state index in [1.54, 1.807) is 20.8 Å². The van der Waals surface area contributed by atoms with Crippen molar-refractivity contribution in [3.63, 3.8) is 0 Å². The molecule has 1 aromatic heterocycles. The molecule has 0 aliphatic rings. The molecule has 0 amide bonds. The van der Waals surface area contributed by atoms with Crippen molar-refractivity contribution in [1.82, 2.24) is 4.98 Å². The fourth-order valence-electron chi connectivity index (χ4n) is 0.955. The van der Waals surface area contributed by atoms with Gasteiger partial charge in [0.1, 0.15) is 11.0 Å². The second-order valence-electron chi connectivity index (χ2n) is 4.56. The second-order valence-corrected chi connectivity index (χ2v) is 6.50. The zero-order valence-corrected chi connectivity index (χ0v) is 11.0. The third kappa shape index (κ3) is 4.21. The quantitative estimate of drug-likeness (QED) is 0.780. The molecule has 1 rings (SSSR count). The standard InChI is InChI=1S/C11H13F3N2OS/c1-10(2,3)18(17)16-7-9-6-8(4-5-15-9)11(12,13)14/h4-7H,1-3H3. The minimum absolute atomic E-state index is 0.0300. The maximum atomic E-state index is 12.4. The Morgan fingerprint density at radius 1 is 1.33 bits per heavy atom. The summed E-state index contributed by atoms with van der Waals surface area (Å²) in [6.45, 7) is 5.17. The van der Waals surface area contributed by atoms with E-state index in [0.717, 1.165) is 24.5 Å². The fourth-order valence-corrected chi connectivity index (χ4v) is 1.48. The van der Waals surface area contributed by atoms with Gasteiger partial charge in [0.15, 0.2) is 0 Å². The van der Waals surface area contributed by atoms with Gasteiger partial charge in [-0.1, -0.05) is 0 Å². The maximum Gasteiger partial charge on any atom is 0.416 e. The Kier molecular flexibility index (Phi) is 4.26. The minimum atomic E-state index is -4.42. The van der Waals surface area contributed by atoms with Crippen LogP contribution in [0.3, 0.4) is 0 Å². The number of alkyl halides is 3. The monoisotopic (exact) mass is 278 g/mol. The molecule has 0 N–H and O–H groups in total. The molecule has 0 saturated carbocycles. The molecule has 7 heteroatoms. The topological polar surface area (TPSA) is 42.3 Å². The summed E-state index contributed by atoms with van der Waals surface area (Å²) < 4.78 is 52.0. The fraction of sp³-hybridized carbons (Fsp3) is 0.455. The molecule has 0 saturated heterocycles. The Morgan fingerprint density at radius 2 is 1.94 bits per heavy atom. The van der Waals surface area contributed by atoms with E-state index in [1.807, 2.05) is 0 Å². The zero-order valence-electron chi connectivity index (χ0n) is 10.2. The molecular weight excluding hydrogens is 265 g/mol. The Bertz CT molecular complexity index is 478. The van der Waals surface area contributed by atoms with Gasteiger partial charge < -0.3 is 0 Å². The molecule has 1 atom stereocenters. The van der Waals surface area contributed by atoms with Crippen LogP contribution < -0.4 is 0 Å². The van der Waals surface area contributed by atoms with Crippen LogP contribution in [0.25, 0.3) is 0 Å². The molecule has 3 nitrogen and oxygen atoms in total. The lowest BCUT2D eigenvalue weighted by Crippen LogP contribution is -2.19. The Morgan fingerprint density at radius 3 is 2.44 bits per heavy atom. The number of rotatable bonds is 2. The first-order chi connectivity index (χ1) is 8.10. The van der Waals surface area contributed by atoms with E-state index in [0.29, 0.717) is 0 Å². The largest absolute Gasteiger partial charge is 0.416 e.